The van der Waals surface area contributed by atoms with Crippen LogP contribution in [0.2, 0.25) is 0 Å². The highest BCUT2D eigenvalue weighted by molar-refractivity contribution is 6.25. The van der Waals surface area contributed by atoms with E-state index >= 15 is 0 Å². The number of primary amides is 1. The average Bonchev–Trinajstić information content (AvgIpc) is 2.14. The van der Waals surface area contributed by atoms with Gasteiger partial charge in [-0.25, -0.2) is 5.48 Å². The van der Waals surface area contributed by atoms with Crippen LogP contribution in [0.4, 0.5) is 0 Å². The van der Waals surface area contributed by atoms with Crippen LogP contribution in [0, 0.1) is 0 Å². The Balaban J connectivity index is 0. The Morgan fingerprint density at radius 1 is 1.23 bits per heavy atom. The summed E-state index contributed by atoms with van der Waals surface area (Å²) >= 11 is 10.1. The first kappa shape index (κ1) is 15.0. The van der Waals surface area contributed by atoms with Gasteiger partial charge in [-0.15, -0.1) is 23.2 Å². The topological polar surface area (TPSA) is 92.4 Å². The van der Waals surface area contributed by atoms with Crippen molar-refractivity contribution in [1.29, 1.82) is 0 Å². The standard InChI is InChI=1S/C4H8N2O3.C2H4Cl2/c5-3(7)1-2-4(8)6-9;3-1-2-4/h9H,1-2H2,(H2,5,7)(H,6,8);1-2H2. The summed E-state index contributed by atoms with van der Waals surface area (Å²) in [6.45, 7) is 0. The summed E-state index contributed by atoms with van der Waals surface area (Å²) in [6.07, 6.45) is -0.0990. The van der Waals surface area contributed by atoms with Gasteiger partial charge in [-0.1, -0.05) is 0 Å². The zero-order chi connectivity index (χ0) is 10.7. The van der Waals surface area contributed by atoms with Crippen LogP contribution < -0.4 is 11.2 Å². The Morgan fingerprint density at radius 2 is 1.69 bits per heavy atom. The van der Waals surface area contributed by atoms with Gasteiger partial charge in [-0.05, 0) is 0 Å². The second-order valence-corrected chi connectivity index (χ2v) is 2.64. The number of hydrogen-bond acceptors (Lipinski definition) is 3. The summed E-state index contributed by atoms with van der Waals surface area (Å²) in [4.78, 5) is 20.1. The predicted octanol–water partition coefficient (Wildman–Crippen LogP) is 0.221. The van der Waals surface area contributed by atoms with Crippen molar-refractivity contribution in [3.05, 3.63) is 0 Å². The lowest BCUT2D eigenvalue weighted by Gasteiger charge is -1.92. The van der Waals surface area contributed by atoms with E-state index < -0.39 is 11.8 Å². The maximum Gasteiger partial charge on any atom is 0.243 e. The highest BCUT2D eigenvalue weighted by Crippen LogP contribution is 1.84. The summed E-state index contributed by atoms with van der Waals surface area (Å²) in [5, 5.41) is 7.90. The molecule has 0 fully saturated rings. The van der Waals surface area contributed by atoms with E-state index in [0.717, 1.165) is 0 Å². The lowest BCUT2D eigenvalue weighted by Crippen LogP contribution is -2.21. The number of rotatable bonds is 4. The van der Waals surface area contributed by atoms with Gasteiger partial charge in [0.1, 0.15) is 0 Å². The molecule has 5 nitrogen and oxygen atoms in total. The lowest BCUT2D eigenvalue weighted by atomic mass is 10.3. The van der Waals surface area contributed by atoms with Gasteiger partial charge in [0.2, 0.25) is 11.8 Å². The summed E-state index contributed by atoms with van der Waals surface area (Å²) < 4.78 is 0. The molecule has 0 saturated carbocycles. The Kier molecular flexibility index (Phi) is 13.2. The van der Waals surface area contributed by atoms with E-state index in [2.05, 4.69) is 0 Å². The SMILES string of the molecule is ClCCCl.NC(=O)CCC(=O)NO. The van der Waals surface area contributed by atoms with Gasteiger partial charge in [0.15, 0.2) is 0 Å². The molecule has 0 aromatic carbocycles. The van der Waals surface area contributed by atoms with Crippen LogP contribution in [0.5, 0.6) is 0 Å². The molecule has 0 unspecified atom stereocenters. The smallest absolute Gasteiger partial charge is 0.243 e. The number of halogens is 2. The van der Waals surface area contributed by atoms with Crippen LogP contribution in [0.3, 0.4) is 0 Å². The van der Waals surface area contributed by atoms with Crippen LogP contribution in [-0.4, -0.2) is 28.8 Å². The minimum atomic E-state index is -0.603. The molecule has 13 heavy (non-hydrogen) atoms. The summed E-state index contributed by atoms with van der Waals surface area (Å²) in [5.74, 6) is -0.0456. The zero-order valence-corrected chi connectivity index (χ0v) is 8.44. The first-order valence-corrected chi connectivity index (χ1v) is 4.48. The van der Waals surface area contributed by atoms with Gasteiger partial charge in [0.25, 0.3) is 0 Å². The molecule has 0 spiro atoms. The molecule has 0 aliphatic heterocycles. The second-order valence-electron chi connectivity index (χ2n) is 1.88. The molecule has 2 amide bonds. The van der Waals surface area contributed by atoms with Crippen LogP contribution in [0.1, 0.15) is 12.8 Å². The Labute approximate surface area is 86.1 Å². The third kappa shape index (κ3) is 18.4. The molecule has 0 aliphatic rings. The highest BCUT2D eigenvalue weighted by atomic mass is 35.5. The Hall–Kier alpha value is -0.520. The Morgan fingerprint density at radius 3 is 1.92 bits per heavy atom. The monoisotopic (exact) mass is 230 g/mol. The molecule has 0 aromatic heterocycles. The third-order valence-electron chi connectivity index (χ3n) is 0.795. The third-order valence-corrected chi connectivity index (χ3v) is 1.37. The van der Waals surface area contributed by atoms with E-state index in [4.69, 9.17) is 34.1 Å². The first-order chi connectivity index (χ1) is 6.08. The number of nitrogens with one attached hydrogen (secondary N) is 1. The quantitative estimate of drug-likeness (QED) is 0.367. The number of hydroxylamine groups is 1. The molecule has 0 aromatic rings. The molecule has 0 aliphatic carbocycles. The molecule has 0 radical (unpaired) electrons. The number of alkyl halides is 2. The van der Waals surface area contributed by atoms with Crippen molar-refractivity contribution in [2.24, 2.45) is 5.73 Å². The van der Waals surface area contributed by atoms with Crippen LogP contribution >= 0.6 is 23.2 Å². The van der Waals surface area contributed by atoms with Crippen molar-refractivity contribution in [2.75, 3.05) is 11.8 Å². The molecule has 0 bridgehead atoms. The van der Waals surface area contributed by atoms with Crippen molar-refractivity contribution in [3.63, 3.8) is 0 Å². The van der Waals surface area contributed by atoms with Crippen LogP contribution in [-0.2, 0) is 9.59 Å². The molecular formula is C6H12Cl2N2O3. The van der Waals surface area contributed by atoms with Gasteiger partial charge < -0.3 is 5.73 Å². The fourth-order valence-electron chi connectivity index (χ4n) is 0.293. The van der Waals surface area contributed by atoms with Gasteiger partial charge in [-0.2, -0.15) is 0 Å². The van der Waals surface area contributed by atoms with Crippen molar-refractivity contribution < 1.29 is 14.8 Å². The average molecular weight is 231 g/mol. The largest absolute Gasteiger partial charge is 0.370 e. The van der Waals surface area contributed by atoms with E-state index in [0.29, 0.717) is 11.8 Å². The minimum Gasteiger partial charge on any atom is -0.370 e. The van der Waals surface area contributed by atoms with Crippen molar-refractivity contribution in [1.82, 2.24) is 5.48 Å². The van der Waals surface area contributed by atoms with E-state index in [9.17, 15) is 9.59 Å². The maximum absolute atomic E-state index is 10.1. The molecule has 0 saturated heterocycles. The van der Waals surface area contributed by atoms with Crippen molar-refractivity contribution in [2.45, 2.75) is 12.8 Å². The molecule has 0 rings (SSSR count). The first-order valence-electron chi connectivity index (χ1n) is 3.41. The summed E-state index contributed by atoms with van der Waals surface area (Å²) in [6, 6.07) is 0. The Bertz CT molecular complexity index is 153. The number of nitrogens with two attached hydrogens (primary N) is 1. The van der Waals surface area contributed by atoms with Crippen molar-refractivity contribution >= 4 is 35.0 Å². The minimum absolute atomic E-state index is 0.0353. The summed E-state index contributed by atoms with van der Waals surface area (Å²) in [5.41, 5.74) is 6.07. The molecule has 78 valence electrons. The lowest BCUT2D eigenvalue weighted by molar-refractivity contribution is -0.131. The number of amides is 2. The van der Waals surface area contributed by atoms with Crippen LogP contribution in [0.25, 0.3) is 0 Å². The second kappa shape index (κ2) is 11.5. The van der Waals surface area contributed by atoms with Gasteiger partial charge in [0.05, 0.1) is 0 Å². The van der Waals surface area contributed by atoms with Crippen molar-refractivity contribution in [3.8, 4) is 0 Å². The molecular weight excluding hydrogens is 219 g/mol. The number of carbonyl (C=O) groups is 2. The highest BCUT2D eigenvalue weighted by Gasteiger charge is 2.00. The van der Waals surface area contributed by atoms with Gasteiger partial charge in [0, 0.05) is 24.6 Å². The molecule has 0 heterocycles. The normalized spacial score (nSPS) is 8.23. The van der Waals surface area contributed by atoms with Crippen LogP contribution in [0.15, 0.2) is 0 Å². The molecule has 4 N–H and O–H groups in total. The van der Waals surface area contributed by atoms with Gasteiger partial charge >= 0.3 is 0 Å². The zero-order valence-electron chi connectivity index (χ0n) is 6.93. The predicted molar refractivity (Wildman–Crippen MR) is 49.8 cm³/mol. The summed E-state index contributed by atoms with van der Waals surface area (Å²) in [7, 11) is 0. The number of carbonyl (C=O) groups excluding carboxylic acids is 2. The fraction of sp³-hybridized carbons (Fsp3) is 0.667. The molecule has 7 heteroatoms. The van der Waals surface area contributed by atoms with E-state index in [1.165, 1.54) is 5.48 Å². The molecule has 0 atom stereocenters. The maximum atomic E-state index is 10.1. The van der Waals surface area contributed by atoms with E-state index in [-0.39, 0.29) is 12.8 Å². The van der Waals surface area contributed by atoms with E-state index in [1.54, 1.807) is 0 Å². The van der Waals surface area contributed by atoms with E-state index in [1.807, 2.05) is 0 Å². The number of hydrogen-bond donors (Lipinski definition) is 3. The van der Waals surface area contributed by atoms with Gasteiger partial charge in [-0.3, -0.25) is 14.8 Å². The fourth-order valence-corrected chi connectivity index (χ4v) is 0.293.